The van der Waals surface area contributed by atoms with Gasteiger partial charge < -0.3 is 9.47 Å². The Kier molecular flexibility index (Phi) is 3.66. The molecule has 0 aliphatic rings. The van der Waals surface area contributed by atoms with E-state index in [1.54, 1.807) is 19.1 Å². The van der Waals surface area contributed by atoms with Gasteiger partial charge in [-0.3, -0.25) is 0 Å². The number of esters is 1. The Labute approximate surface area is 102 Å². The smallest absolute Gasteiger partial charge is 0.369 e. The molecule has 17 heavy (non-hydrogen) atoms. The fraction of sp³-hybridized carbons (Fsp3) is 0.182. The minimum absolute atomic E-state index is 0.192. The van der Waals surface area contributed by atoms with Gasteiger partial charge in [-0.05, 0) is 30.4 Å². The van der Waals surface area contributed by atoms with E-state index in [1.165, 1.54) is 0 Å². The molecular formula is C11H10N2O3S. The van der Waals surface area contributed by atoms with Gasteiger partial charge in [0.05, 0.1) is 6.61 Å². The summed E-state index contributed by atoms with van der Waals surface area (Å²) >= 11 is 1.06. The molecule has 1 aromatic carbocycles. The van der Waals surface area contributed by atoms with Crippen molar-refractivity contribution in [2.24, 2.45) is 0 Å². The van der Waals surface area contributed by atoms with E-state index in [2.05, 4.69) is 10.2 Å². The van der Waals surface area contributed by atoms with Crippen LogP contribution in [0, 0.1) is 0 Å². The normalized spacial score (nSPS) is 9.94. The zero-order valence-corrected chi connectivity index (χ0v) is 9.94. The third-order valence-corrected chi connectivity index (χ3v) is 2.59. The summed E-state index contributed by atoms with van der Waals surface area (Å²) in [4.78, 5) is 11.3. The monoisotopic (exact) mass is 250 g/mol. The van der Waals surface area contributed by atoms with Crippen molar-refractivity contribution in [3.63, 3.8) is 0 Å². The molecule has 0 saturated heterocycles. The SMILES string of the molecule is CCOC(=O)c1nnc(Oc2ccccc2)s1. The second-order valence-corrected chi connectivity index (χ2v) is 3.95. The number of carbonyl (C=O) groups is 1. The van der Waals surface area contributed by atoms with Gasteiger partial charge in [-0.1, -0.05) is 23.3 Å². The van der Waals surface area contributed by atoms with Gasteiger partial charge in [-0.15, -0.1) is 5.10 Å². The molecule has 0 unspecified atom stereocenters. The van der Waals surface area contributed by atoms with Crippen molar-refractivity contribution in [2.45, 2.75) is 6.92 Å². The Morgan fingerprint density at radius 3 is 2.76 bits per heavy atom. The van der Waals surface area contributed by atoms with Gasteiger partial charge in [0.1, 0.15) is 5.75 Å². The minimum atomic E-state index is -0.479. The molecule has 0 spiro atoms. The highest BCUT2D eigenvalue weighted by Gasteiger charge is 2.14. The second kappa shape index (κ2) is 5.40. The van der Waals surface area contributed by atoms with E-state index in [9.17, 15) is 4.79 Å². The molecule has 0 bridgehead atoms. The van der Waals surface area contributed by atoms with Crippen molar-refractivity contribution >= 4 is 17.3 Å². The molecule has 0 radical (unpaired) electrons. The zero-order chi connectivity index (χ0) is 12.1. The third-order valence-electron chi connectivity index (χ3n) is 1.80. The molecule has 0 N–H and O–H groups in total. The molecule has 0 fully saturated rings. The first-order valence-electron chi connectivity index (χ1n) is 5.03. The van der Waals surface area contributed by atoms with Gasteiger partial charge in [-0.25, -0.2) is 4.79 Å². The van der Waals surface area contributed by atoms with Crippen LogP contribution in [-0.4, -0.2) is 22.8 Å². The maximum atomic E-state index is 11.3. The lowest BCUT2D eigenvalue weighted by molar-refractivity contribution is 0.0525. The largest absolute Gasteiger partial charge is 0.461 e. The van der Waals surface area contributed by atoms with Crippen molar-refractivity contribution < 1.29 is 14.3 Å². The number of aromatic nitrogens is 2. The Bertz CT molecular complexity index is 498. The van der Waals surface area contributed by atoms with Gasteiger partial charge in [0, 0.05) is 0 Å². The Hall–Kier alpha value is -1.95. The van der Waals surface area contributed by atoms with Crippen LogP contribution in [0.4, 0.5) is 0 Å². The summed E-state index contributed by atoms with van der Waals surface area (Å²) in [5, 5.41) is 7.97. The van der Waals surface area contributed by atoms with Crippen molar-refractivity contribution in [3.8, 4) is 10.9 Å². The number of benzene rings is 1. The van der Waals surface area contributed by atoms with E-state index < -0.39 is 5.97 Å². The number of hydrogen-bond acceptors (Lipinski definition) is 6. The van der Waals surface area contributed by atoms with Crippen molar-refractivity contribution in [1.82, 2.24) is 10.2 Å². The molecular weight excluding hydrogens is 240 g/mol. The molecule has 0 aliphatic carbocycles. The average molecular weight is 250 g/mol. The molecule has 2 aromatic rings. The molecule has 2 rings (SSSR count). The molecule has 1 heterocycles. The summed E-state index contributed by atoms with van der Waals surface area (Å²) in [7, 11) is 0. The maximum Gasteiger partial charge on any atom is 0.369 e. The number of rotatable bonds is 4. The summed E-state index contributed by atoms with van der Waals surface area (Å²) in [5.41, 5.74) is 0. The summed E-state index contributed by atoms with van der Waals surface area (Å²) in [6.07, 6.45) is 0. The lowest BCUT2D eigenvalue weighted by atomic mass is 10.3. The molecule has 0 amide bonds. The number of hydrogen-bond donors (Lipinski definition) is 0. The first-order valence-corrected chi connectivity index (χ1v) is 5.84. The van der Waals surface area contributed by atoms with Gasteiger partial charge in [-0.2, -0.15) is 0 Å². The molecule has 88 valence electrons. The van der Waals surface area contributed by atoms with Gasteiger partial charge in [0.25, 0.3) is 5.19 Å². The molecule has 1 aromatic heterocycles. The maximum absolute atomic E-state index is 11.3. The summed E-state index contributed by atoms with van der Waals surface area (Å²) in [6.45, 7) is 2.05. The minimum Gasteiger partial charge on any atom is -0.461 e. The number of nitrogens with zero attached hydrogens (tertiary/aromatic N) is 2. The Morgan fingerprint density at radius 1 is 1.29 bits per heavy atom. The molecule has 0 saturated carbocycles. The van der Waals surface area contributed by atoms with Crippen LogP contribution in [0.3, 0.4) is 0 Å². The lowest BCUT2D eigenvalue weighted by Crippen LogP contribution is -2.03. The predicted octanol–water partition coefficient (Wildman–Crippen LogP) is 2.51. The Balaban J connectivity index is 2.06. The fourth-order valence-corrected chi connectivity index (χ4v) is 1.72. The van der Waals surface area contributed by atoms with Gasteiger partial charge >= 0.3 is 5.97 Å². The topological polar surface area (TPSA) is 61.3 Å². The van der Waals surface area contributed by atoms with Crippen molar-refractivity contribution in [3.05, 3.63) is 35.3 Å². The van der Waals surface area contributed by atoms with E-state index in [1.807, 2.05) is 18.2 Å². The first kappa shape index (κ1) is 11.5. The fourth-order valence-electron chi connectivity index (χ4n) is 1.12. The van der Waals surface area contributed by atoms with E-state index >= 15 is 0 Å². The van der Waals surface area contributed by atoms with E-state index in [4.69, 9.17) is 9.47 Å². The van der Waals surface area contributed by atoms with Crippen LogP contribution < -0.4 is 4.74 Å². The summed E-state index contributed by atoms with van der Waals surface area (Å²) < 4.78 is 10.2. The highest BCUT2D eigenvalue weighted by molar-refractivity contribution is 7.14. The summed E-state index contributed by atoms with van der Waals surface area (Å²) in [6, 6.07) is 9.18. The molecule has 5 nitrogen and oxygen atoms in total. The zero-order valence-electron chi connectivity index (χ0n) is 9.12. The van der Waals surface area contributed by atoms with Crippen LogP contribution in [0.15, 0.2) is 30.3 Å². The van der Waals surface area contributed by atoms with Crippen LogP contribution in [0.5, 0.6) is 10.9 Å². The van der Waals surface area contributed by atoms with Crippen LogP contribution in [0.25, 0.3) is 0 Å². The highest BCUT2D eigenvalue weighted by Crippen LogP contribution is 2.24. The van der Waals surface area contributed by atoms with Crippen LogP contribution in [-0.2, 0) is 4.74 Å². The van der Waals surface area contributed by atoms with Crippen LogP contribution >= 0.6 is 11.3 Å². The summed E-state index contributed by atoms with van der Waals surface area (Å²) in [5.74, 6) is 0.173. The first-order chi connectivity index (χ1) is 8.29. The molecule has 0 atom stereocenters. The average Bonchev–Trinajstić information content (AvgIpc) is 2.79. The number of para-hydroxylation sites is 1. The quantitative estimate of drug-likeness (QED) is 0.780. The number of carbonyl (C=O) groups excluding carboxylic acids is 1. The third kappa shape index (κ3) is 3.01. The van der Waals surface area contributed by atoms with Gasteiger partial charge in [0.15, 0.2) is 0 Å². The van der Waals surface area contributed by atoms with Crippen LogP contribution in [0.1, 0.15) is 16.7 Å². The van der Waals surface area contributed by atoms with Crippen LogP contribution in [0.2, 0.25) is 0 Å². The van der Waals surface area contributed by atoms with E-state index in [0.29, 0.717) is 17.6 Å². The number of ether oxygens (including phenoxy) is 2. The standard InChI is InChI=1S/C11H10N2O3S/c1-2-15-10(14)9-12-13-11(17-9)16-8-6-4-3-5-7-8/h3-7H,2H2,1H3. The lowest BCUT2D eigenvalue weighted by Gasteiger charge is -1.98. The van der Waals surface area contributed by atoms with Crippen molar-refractivity contribution in [2.75, 3.05) is 6.61 Å². The molecule has 0 aliphatic heterocycles. The highest BCUT2D eigenvalue weighted by atomic mass is 32.1. The van der Waals surface area contributed by atoms with E-state index in [-0.39, 0.29) is 5.01 Å². The molecule has 6 heteroatoms. The second-order valence-electron chi connectivity index (χ2n) is 3.01. The predicted molar refractivity (Wildman–Crippen MR) is 62.4 cm³/mol. The van der Waals surface area contributed by atoms with E-state index in [0.717, 1.165) is 11.3 Å². The van der Waals surface area contributed by atoms with Gasteiger partial charge in [0.2, 0.25) is 5.01 Å². The Morgan fingerprint density at radius 2 is 2.06 bits per heavy atom. The van der Waals surface area contributed by atoms with Crippen molar-refractivity contribution in [1.29, 1.82) is 0 Å².